The Balaban J connectivity index is 1.54. The van der Waals surface area contributed by atoms with Crippen molar-refractivity contribution in [3.63, 3.8) is 0 Å². The van der Waals surface area contributed by atoms with Crippen LogP contribution in [-0.2, 0) is 13.0 Å². The van der Waals surface area contributed by atoms with E-state index in [-0.39, 0.29) is 5.91 Å². The molecular weight excluding hydrogens is 408 g/mol. The lowest BCUT2D eigenvalue weighted by Crippen LogP contribution is -2.31. The van der Waals surface area contributed by atoms with E-state index in [2.05, 4.69) is 46.2 Å². The molecule has 0 spiro atoms. The Hall–Kier alpha value is -2.90. The highest BCUT2D eigenvalue weighted by Gasteiger charge is 2.20. The molecule has 1 aromatic heterocycles. The minimum absolute atomic E-state index is 0.115. The molecule has 160 valence electrons. The average Bonchev–Trinajstić information content (AvgIpc) is 2.78. The summed E-state index contributed by atoms with van der Waals surface area (Å²) >= 11 is 0.569. The summed E-state index contributed by atoms with van der Waals surface area (Å²) < 4.78 is 9.17. The van der Waals surface area contributed by atoms with Crippen LogP contribution in [0.2, 0.25) is 0 Å². The Labute approximate surface area is 186 Å². The highest BCUT2D eigenvalue weighted by molar-refractivity contribution is 7.93. The standard InChI is InChI=1S/C24H26N4O2S/c1-15(2)17-5-4-6-20(11-17)26-23(29)18-9-16(3)10-21(12-18)28-8-7-22-19(14-28)13-25-24(27-22)31-30/h4-6,9-13,15,30H,7-8,14H2,1-3H3,(H,26,29). The molecule has 3 aromatic rings. The van der Waals surface area contributed by atoms with Crippen molar-refractivity contribution in [1.82, 2.24) is 9.97 Å². The molecule has 1 aliphatic heterocycles. The first-order valence-electron chi connectivity index (χ1n) is 10.4. The number of aromatic nitrogens is 2. The van der Waals surface area contributed by atoms with E-state index < -0.39 is 0 Å². The predicted molar refractivity (Wildman–Crippen MR) is 125 cm³/mol. The number of nitrogens with zero attached hydrogens (tertiary/aromatic N) is 3. The normalized spacial score (nSPS) is 13.3. The summed E-state index contributed by atoms with van der Waals surface area (Å²) in [6.07, 6.45) is 2.54. The van der Waals surface area contributed by atoms with Crippen LogP contribution in [0.25, 0.3) is 0 Å². The number of hydrogen-bond acceptors (Lipinski definition) is 6. The van der Waals surface area contributed by atoms with Gasteiger partial charge in [-0.2, -0.15) is 0 Å². The molecule has 1 aliphatic rings. The molecule has 31 heavy (non-hydrogen) atoms. The van der Waals surface area contributed by atoms with Gasteiger partial charge in [0, 0.05) is 48.2 Å². The second-order valence-electron chi connectivity index (χ2n) is 8.18. The zero-order chi connectivity index (χ0) is 22.0. The summed E-state index contributed by atoms with van der Waals surface area (Å²) in [6.45, 7) is 7.75. The quantitative estimate of drug-likeness (QED) is 0.420. The monoisotopic (exact) mass is 434 g/mol. The van der Waals surface area contributed by atoms with Crippen LogP contribution in [-0.4, -0.2) is 27.0 Å². The third kappa shape index (κ3) is 4.89. The van der Waals surface area contributed by atoms with Crippen LogP contribution in [0.1, 0.15) is 52.5 Å². The van der Waals surface area contributed by atoms with Crippen LogP contribution in [0.3, 0.4) is 0 Å². The number of rotatable bonds is 5. The zero-order valence-corrected chi connectivity index (χ0v) is 18.7. The van der Waals surface area contributed by atoms with Gasteiger partial charge >= 0.3 is 0 Å². The van der Waals surface area contributed by atoms with Crippen molar-refractivity contribution >= 4 is 29.3 Å². The Kier molecular flexibility index (Phi) is 6.25. The fraction of sp³-hybridized carbons (Fsp3) is 0.292. The maximum atomic E-state index is 13.0. The molecule has 6 nitrogen and oxygen atoms in total. The van der Waals surface area contributed by atoms with Crippen molar-refractivity contribution in [2.45, 2.75) is 44.8 Å². The van der Waals surface area contributed by atoms with Gasteiger partial charge in [-0.15, -0.1) is 0 Å². The van der Waals surface area contributed by atoms with Crippen LogP contribution >= 0.6 is 12.0 Å². The minimum Gasteiger partial charge on any atom is -0.367 e. The van der Waals surface area contributed by atoms with Crippen molar-refractivity contribution < 1.29 is 9.35 Å². The van der Waals surface area contributed by atoms with Crippen molar-refractivity contribution in [1.29, 1.82) is 0 Å². The van der Waals surface area contributed by atoms with Crippen molar-refractivity contribution in [2.24, 2.45) is 0 Å². The molecule has 2 heterocycles. The molecule has 0 unspecified atom stereocenters. The summed E-state index contributed by atoms with van der Waals surface area (Å²) in [5.74, 6) is 0.289. The van der Waals surface area contributed by atoms with E-state index in [1.165, 1.54) is 5.56 Å². The average molecular weight is 435 g/mol. The molecule has 0 radical (unpaired) electrons. The lowest BCUT2D eigenvalue weighted by molar-refractivity contribution is 0.102. The van der Waals surface area contributed by atoms with Crippen LogP contribution in [0.5, 0.6) is 0 Å². The number of hydrogen-bond donors (Lipinski definition) is 2. The van der Waals surface area contributed by atoms with Gasteiger partial charge in [-0.25, -0.2) is 9.97 Å². The van der Waals surface area contributed by atoms with Gasteiger partial charge in [-0.05, 0) is 54.3 Å². The summed E-state index contributed by atoms with van der Waals surface area (Å²) in [7, 11) is 0. The summed E-state index contributed by atoms with van der Waals surface area (Å²) in [5.41, 5.74) is 6.69. The first-order valence-corrected chi connectivity index (χ1v) is 11.1. The van der Waals surface area contributed by atoms with Gasteiger partial charge in [0.1, 0.15) is 0 Å². The number of anilines is 2. The van der Waals surface area contributed by atoms with Gasteiger partial charge in [-0.3, -0.25) is 4.79 Å². The third-order valence-electron chi connectivity index (χ3n) is 5.49. The van der Waals surface area contributed by atoms with E-state index in [4.69, 9.17) is 0 Å². The predicted octanol–water partition coefficient (Wildman–Crippen LogP) is 5.29. The highest BCUT2D eigenvalue weighted by atomic mass is 32.2. The van der Waals surface area contributed by atoms with E-state index in [9.17, 15) is 9.35 Å². The van der Waals surface area contributed by atoms with Gasteiger partial charge < -0.3 is 14.8 Å². The molecule has 0 aliphatic carbocycles. The lowest BCUT2D eigenvalue weighted by atomic mass is 10.0. The molecule has 0 fully saturated rings. The van der Waals surface area contributed by atoms with Gasteiger partial charge in [0.05, 0.1) is 17.7 Å². The second-order valence-corrected chi connectivity index (χ2v) is 8.73. The van der Waals surface area contributed by atoms with Gasteiger partial charge in [0.2, 0.25) is 5.16 Å². The zero-order valence-electron chi connectivity index (χ0n) is 17.9. The second kappa shape index (κ2) is 9.08. The molecule has 0 saturated carbocycles. The Morgan fingerprint density at radius 2 is 2.06 bits per heavy atom. The molecule has 7 heteroatoms. The number of aryl methyl sites for hydroxylation is 1. The third-order valence-corrected chi connectivity index (χ3v) is 5.85. The van der Waals surface area contributed by atoms with E-state index in [0.29, 0.717) is 35.2 Å². The topological polar surface area (TPSA) is 78.4 Å². The SMILES string of the molecule is Cc1cc(C(=O)Nc2cccc(C(C)C)c2)cc(N2CCc3nc(SO)ncc3C2)c1. The van der Waals surface area contributed by atoms with Crippen molar-refractivity contribution in [3.8, 4) is 0 Å². The minimum atomic E-state index is -0.115. The Bertz CT molecular complexity index is 1120. The largest absolute Gasteiger partial charge is 0.367 e. The number of carbonyl (C=O) groups excluding carboxylic acids is 1. The molecule has 4 rings (SSSR count). The van der Waals surface area contributed by atoms with Crippen LogP contribution in [0, 0.1) is 6.92 Å². The summed E-state index contributed by atoms with van der Waals surface area (Å²) in [5, 5.41) is 3.41. The molecule has 0 atom stereocenters. The number of benzene rings is 2. The molecule has 1 amide bonds. The summed E-state index contributed by atoms with van der Waals surface area (Å²) in [6, 6.07) is 13.9. The number of fused-ring (bicyclic) bond motifs is 1. The Morgan fingerprint density at radius 1 is 1.23 bits per heavy atom. The van der Waals surface area contributed by atoms with Gasteiger partial charge in [0.25, 0.3) is 5.91 Å². The van der Waals surface area contributed by atoms with Gasteiger partial charge in [-0.1, -0.05) is 26.0 Å². The van der Waals surface area contributed by atoms with Crippen molar-refractivity contribution in [3.05, 3.63) is 76.6 Å². The fourth-order valence-electron chi connectivity index (χ4n) is 3.82. The molecule has 0 saturated heterocycles. The number of amides is 1. The summed E-state index contributed by atoms with van der Waals surface area (Å²) in [4.78, 5) is 23.8. The number of carbonyl (C=O) groups is 1. The van der Waals surface area contributed by atoms with E-state index >= 15 is 0 Å². The van der Waals surface area contributed by atoms with Crippen LogP contribution in [0.4, 0.5) is 11.4 Å². The van der Waals surface area contributed by atoms with E-state index in [1.807, 2.05) is 37.3 Å². The Morgan fingerprint density at radius 3 is 2.84 bits per heavy atom. The molecule has 0 bridgehead atoms. The number of nitrogens with one attached hydrogen (secondary N) is 1. The van der Waals surface area contributed by atoms with Gasteiger partial charge in [0.15, 0.2) is 0 Å². The molecule has 2 N–H and O–H groups in total. The first-order chi connectivity index (χ1) is 14.9. The maximum Gasteiger partial charge on any atom is 0.255 e. The fourth-order valence-corrected chi connectivity index (χ4v) is 4.07. The lowest BCUT2D eigenvalue weighted by Gasteiger charge is -2.30. The van der Waals surface area contributed by atoms with Crippen LogP contribution < -0.4 is 10.2 Å². The smallest absolute Gasteiger partial charge is 0.255 e. The van der Waals surface area contributed by atoms with Crippen molar-refractivity contribution in [2.75, 3.05) is 16.8 Å². The van der Waals surface area contributed by atoms with E-state index in [0.717, 1.165) is 41.2 Å². The van der Waals surface area contributed by atoms with Crippen LogP contribution in [0.15, 0.2) is 53.8 Å². The first kappa shape index (κ1) is 21.3. The maximum absolute atomic E-state index is 13.0. The molecule has 2 aromatic carbocycles. The molecular formula is C24H26N4O2S. The highest BCUT2D eigenvalue weighted by Crippen LogP contribution is 2.27. The van der Waals surface area contributed by atoms with E-state index in [1.54, 1.807) is 6.20 Å².